The Kier molecular flexibility index (Phi) is 4.20. The van der Waals surface area contributed by atoms with Crippen LogP contribution in [-0.2, 0) is 19.3 Å². The SMILES string of the molecule is CC(OC(C)C(=O)OF)C(=O)O. The molecule has 0 aliphatic carbocycles. The molecule has 2 unspecified atom stereocenters. The number of hydrogen-bond donors (Lipinski definition) is 1. The molecule has 0 amide bonds. The average molecular weight is 180 g/mol. The summed E-state index contributed by atoms with van der Waals surface area (Å²) in [5.74, 6) is -2.48. The molecule has 0 heterocycles. The molecule has 0 radical (unpaired) electrons. The van der Waals surface area contributed by atoms with E-state index in [1.807, 2.05) is 0 Å². The molecule has 0 spiro atoms. The Morgan fingerprint density at radius 1 is 1.33 bits per heavy atom. The van der Waals surface area contributed by atoms with E-state index in [0.717, 1.165) is 0 Å². The predicted molar refractivity (Wildman–Crippen MR) is 34.8 cm³/mol. The van der Waals surface area contributed by atoms with Crippen molar-refractivity contribution in [3.63, 3.8) is 0 Å². The molecular formula is C6H9FO5. The number of ether oxygens (including phenoxy) is 1. The normalized spacial score (nSPS) is 14.9. The van der Waals surface area contributed by atoms with Crippen molar-refractivity contribution in [1.82, 2.24) is 0 Å². The number of rotatable bonds is 4. The third kappa shape index (κ3) is 3.29. The van der Waals surface area contributed by atoms with Crippen molar-refractivity contribution in [3.05, 3.63) is 0 Å². The Balaban J connectivity index is 3.91. The van der Waals surface area contributed by atoms with Crippen LogP contribution in [0.4, 0.5) is 4.53 Å². The van der Waals surface area contributed by atoms with Crippen LogP contribution in [0.5, 0.6) is 0 Å². The van der Waals surface area contributed by atoms with Crippen molar-refractivity contribution < 1.29 is 28.9 Å². The lowest BCUT2D eigenvalue weighted by atomic mass is 10.3. The van der Waals surface area contributed by atoms with Crippen LogP contribution in [0.2, 0.25) is 0 Å². The molecular weight excluding hydrogens is 171 g/mol. The van der Waals surface area contributed by atoms with Gasteiger partial charge >= 0.3 is 11.9 Å². The van der Waals surface area contributed by atoms with Gasteiger partial charge in [-0.25, -0.2) is 9.59 Å². The minimum Gasteiger partial charge on any atom is -0.479 e. The fourth-order valence-electron chi connectivity index (χ4n) is 0.483. The number of carbonyl (C=O) groups is 2. The van der Waals surface area contributed by atoms with E-state index in [4.69, 9.17) is 5.11 Å². The fraction of sp³-hybridized carbons (Fsp3) is 0.667. The summed E-state index contributed by atoms with van der Waals surface area (Å²) in [6, 6.07) is 0. The topological polar surface area (TPSA) is 72.8 Å². The van der Waals surface area contributed by atoms with Crippen molar-refractivity contribution in [2.24, 2.45) is 0 Å². The minimum atomic E-state index is -1.25. The largest absolute Gasteiger partial charge is 0.479 e. The van der Waals surface area contributed by atoms with Crippen molar-refractivity contribution in [2.75, 3.05) is 0 Å². The summed E-state index contributed by atoms with van der Waals surface area (Å²) >= 11 is 0. The molecule has 0 aliphatic rings. The first kappa shape index (κ1) is 10.8. The van der Waals surface area contributed by atoms with Gasteiger partial charge in [-0.05, 0) is 13.8 Å². The summed E-state index contributed by atoms with van der Waals surface area (Å²) in [5, 5.41) is 8.31. The zero-order valence-electron chi connectivity index (χ0n) is 6.61. The third-order valence-corrected chi connectivity index (χ3v) is 1.16. The summed E-state index contributed by atoms with van der Waals surface area (Å²) in [5.41, 5.74) is 0. The molecule has 0 bridgehead atoms. The number of carbonyl (C=O) groups excluding carboxylic acids is 1. The molecule has 6 heteroatoms. The Morgan fingerprint density at radius 2 is 1.83 bits per heavy atom. The van der Waals surface area contributed by atoms with Gasteiger partial charge in [0.1, 0.15) is 0 Å². The van der Waals surface area contributed by atoms with Gasteiger partial charge in [0.15, 0.2) is 12.2 Å². The van der Waals surface area contributed by atoms with Gasteiger partial charge in [-0.15, -0.1) is 0 Å². The third-order valence-electron chi connectivity index (χ3n) is 1.16. The highest BCUT2D eigenvalue weighted by atomic mass is 19.3. The van der Waals surface area contributed by atoms with Gasteiger partial charge in [-0.3, -0.25) is 4.94 Å². The van der Waals surface area contributed by atoms with Gasteiger partial charge in [-0.2, -0.15) is 0 Å². The first-order valence-electron chi connectivity index (χ1n) is 3.19. The second-order valence-electron chi connectivity index (χ2n) is 2.15. The maximum Gasteiger partial charge on any atom is 0.376 e. The van der Waals surface area contributed by atoms with E-state index < -0.39 is 24.1 Å². The smallest absolute Gasteiger partial charge is 0.376 e. The van der Waals surface area contributed by atoms with Crippen molar-refractivity contribution in [3.8, 4) is 0 Å². The van der Waals surface area contributed by atoms with Crippen LogP contribution in [0.25, 0.3) is 0 Å². The second-order valence-corrected chi connectivity index (χ2v) is 2.15. The van der Waals surface area contributed by atoms with Crippen LogP contribution in [0.3, 0.4) is 0 Å². The molecule has 0 aliphatic heterocycles. The lowest BCUT2D eigenvalue weighted by molar-refractivity contribution is -0.199. The first-order valence-corrected chi connectivity index (χ1v) is 3.19. The van der Waals surface area contributed by atoms with E-state index in [2.05, 4.69) is 9.68 Å². The molecule has 1 N–H and O–H groups in total. The quantitative estimate of drug-likeness (QED) is 0.673. The number of aliphatic carboxylic acids is 1. The van der Waals surface area contributed by atoms with E-state index >= 15 is 0 Å². The first-order chi connectivity index (χ1) is 5.49. The molecule has 0 aromatic heterocycles. The Morgan fingerprint density at radius 3 is 2.17 bits per heavy atom. The van der Waals surface area contributed by atoms with Gasteiger partial charge in [0.05, 0.1) is 0 Å². The molecule has 70 valence electrons. The fourth-order valence-corrected chi connectivity index (χ4v) is 0.483. The zero-order valence-corrected chi connectivity index (χ0v) is 6.61. The van der Waals surface area contributed by atoms with Crippen molar-refractivity contribution in [1.29, 1.82) is 0 Å². The van der Waals surface area contributed by atoms with Crippen molar-refractivity contribution in [2.45, 2.75) is 26.1 Å². The van der Waals surface area contributed by atoms with Gasteiger partial charge in [0.2, 0.25) is 0 Å². The molecule has 0 saturated heterocycles. The molecule has 0 saturated carbocycles. The summed E-state index contributed by atoms with van der Waals surface area (Å²) in [6.45, 7) is 2.42. The molecule has 0 rings (SSSR count). The van der Waals surface area contributed by atoms with Crippen LogP contribution in [0.1, 0.15) is 13.8 Å². The predicted octanol–water partition coefficient (Wildman–Crippen LogP) is 0.292. The lowest BCUT2D eigenvalue weighted by Crippen LogP contribution is -2.30. The maximum atomic E-state index is 11.2. The number of carboxylic acid groups (broad SMARTS) is 1. The van der Waals surface area contributed by atoms with E-state index in [1.165, 1.54) is 13.8 Å². The van der Waals surface area contributed by atoms with E-state index in [9.17, 15) is 14.1 Å². The van der Waals surface area contributed by atoms with Crippen LogP contribution in [0.15, 0.2) is 0 Å². The molecule has 5 nitrogen and oxygen atoms in total. The molecule has 0 fully saturated rings. The molecule has 12 heavy (non-hydrogen) atoms. The Labute approximate surface area is 68.0 Å². The molecule has 0 aromatic carbocycles. The van der Waals surface area contributed by atoms with Crippen LogP contribution < -0.4 is 0 Å². The standard InChI is InChI=1S/C6H9FO5/c1-3(5(8)9)11-4(2)6(10)12-7/h3-4H,1-2H3,(H,8,9). The van der Waals surface area contributed by atoms with Crippen molar-refractivity contribution >= 4 is 11.9 Å². The second kappa shape index (κ2) is 4.66. The van der Waals surface area contributed by atoms with Crippen LogP contribution in [-0.4, -0.2) is 29.3 Å². The van der Waals surface area contributed by atoms with Gasteiger partial charge in [-0.1, -0.05) is 0 Å². The zero-order chi connectivity index (χ0) is 9.72. The summed E-state index contributed by atoms with van der Waals surface area (Å²) < 4.78 is 15.8. The highest BCUT2D eigenvalue weighted by Gasteiger charge is 2.22. The Bertz CT molecular complexity index is 181. The number of carboxylic acids is 1. The lowest BCUT2D eigenvalue weighted by Gasteiger charge is -2.11. The van der Waals surface area contributed by atoms with E-state index in [-0.39, 0.29) is 0 Å². The summed E-state index contributed by atoms with van der Waals surface area (Å²) in [6.07, 6.45) is -2.39. The monoisotopic (exact) mass is 180 g/mol. The highest BCUT2D eigenvalue weighted by Crippen LogP contribution is 2.00. The van der Waals surface area contributed by atoms with Gasteiger partial charge in [0, 0.05) is 4.53 Å². The van der Waals surface area contributed by atoms with E-state index in [1.54, 1.807) is 0 Å². The van der Waals surface area contributed by atoms with E-state index in [0.29, 0.717) is 0 Å². The number of halogens is 1. The Hall–Kier alpha value is -1.17. The average Bonchev–Trinajstić information content (AvgIpc) is 2.02. The molecule has 2 atom stereocenters. The van der Waals surface area contributed by atoms with Gasteiger partial charge < -0.3 is 9.84 Å². The van der Waals surface area contributed by atoms with Gasteiger partial charge in [0.25, 0.3) is 0 Å². The maximum absolute atomic E-state index is 11.2. The summed E-state index contributed by atoms with van der Waals surface area (Å²) in [4.78, 5) is 23.4. The minimum absolute atomic E-state index is 1.17. The molecule has 0 aromatic rings. The van der Waals surface area contributed by atoms with Crippen LogP contribution >= 0.6 is 0 Å². The van der Waals surface area contributed by atoms with Crippen LogP contribution in [0, 0.1) is 0 Å². The summed E-state index contributed by atoms with van der Waals surface area (Å²) in [7, 11) is 0. The number of hydrogen-bond acceptors (Lipinski definition) is 4. The highest BCUT2D eigenvalue weighted by molar-refractivity contribution is 5.75.